The molecule has 7 heteroatoms. The first-order chi connectivity index (χ1) is 9.90. The second kappa shape index (κ2) is 7.56. The number of carbonyl (C=O) groups excluding carboxylic acids is 1. The van der Waals surface area contributed by atoms with Gasteiger partial charge >= 0.3 is 0 Å². The van der Waals surface area contributed by atoms with Crippen LogP contribution in [0.25, 0.3) is 0 Å². The van der Waals surface area contributed by atoms with Crippen LogP contribution >= 0.6 is 0 Å². The third-order valence-corrected chi connectivity index (χ3v) is 3.20. The molecule has 1 atom stereocenters. The number of halogens is 1. The molecular formula is C14H20FN3O3. The van der Waals surface area contributed by atoms with Gasteiger partial charge in [-0.2, -0.15) is 0 Å². The molecule has 0 saturated carbocycles. The van der Waals surface area contributed by atoms with Crippen molar-refractivity contribution in [3.63, 3.8) is 0 Å². The number of hydrogen-bond acceptors (Lipinski definition) is 4. The van der Waals surface area contributed by atoms with E-state index in [9.17, 15) is 19.3 Å². The van der Waals surface area contributed by atoms with E-state index in [4.69, 9.17) is 0 Å². The van der Waals surface area contributed by atoms with Gasteiger partial charge in [-0.25, -0.2) is 4.39 Å². The van der Waals surface area contributed by atoms with E-state index in [1.54, 1.807) is 6.92 Å². The van der Waals surface area contributed by atoms with Crippen LogP contribution in [0.2, 0.25) is 0 Å². The summed E-state index contributed by atoms with van der Waals surface area (Å²) in [6, 6.07) is 1.96. The zero-order valence-electron chi connectivity index (χ0n) is 12.4. The molecule has 21 heavy (non-hydrogen) atoms. The van der Waals surface area contributed by atoms with E-state index in [0.29, 0.717) is 13.1 Å². The van der Waals surface area contributed by atoms with Gasteiger partial charge in [0.1, 0.15) is 5.56 Å². The van der Waals surface area contributed by atoms with Gasteiger partial charge in [-0.3, -0.25) is 14.9 Å². The van der Waals surface area contributed by atoms with Gasteiger partial charge in [0.25, 0.3) is 11.6 Å². The Hall–Kier alpha value is -2.18. The number of nitro benzene ring substituents is 1. The van der Waals surface area contributed by atoms with E-state index in [1.165, 1.54) is 6.07 Å². The van der Waals surface area contributed by atoms with E-state index < -0.39 is 22.3 Å². The van der Waals surface area contributed by atoms with Crippen LogP contribution in [-0.4, -0.2) is 23.9 Å². The smallest absolute Gasteiger partial charge is 0.285 e. The lowest BCUT2D eigenvalue weighted by Gasteiger charge is -2.12. The van der Waals surface area contributed by atoms with Crippen LogP contribution in [0.4, 0.5) is 15.8 Å². The predicted octanol–water partition coefficient (Wildman–Crippen LogP) is 2.94. The standard InChI is InChI=1S/C14H20FN3O3/c1-4-9(3)8-17-14(19)10-6-12(16-5-2)11(15)7-13(10)18(20)21/h6-7,9,16H,4-5,8H2,1-3H3,(H,17,19). The lowest BCUT2D eigenvalue weighted by molar-refractivity contribution is -0.385. The average Bonchev–Trinajstić information content (AvgIpc) is 2.45. The summed E-state index contributed by atoms with van der Waals surface area (Å²) in [7, 11) is 0. The molecule has 1 aromatic rings. The lowest BCUT2D eigenvalue weighted by atomic mass is 10.1. The van der Waals surface area contributed by atoms with E-state index in [0.717, 1.165) is 12.5 Å². The van der Waals surface area contributed by atoms with Crippen LogP contribution in [0.15, 0.2) is 12.1 Å². The summed E-state index contributed by atoms with van der Waals surface area (Å²) in [6.45, 7) is 6.58. The molecule has 1 aromatic carbocycles. The van der Waals surface area contributed by atoms with Gasteiger partial charge in [0.05, 0.1) is 16.7 Å². The van der Waals surface area contributed by atoms with Gasteiger partial charge in [-0.05, 0) is 18.9 Å². The minimum Gasteiger partial charge on any atom is -0.383 e. The molecule has 1 unspecified atom stereocenters. The molecule has 0 aliphatic rings. The average molecular weight is 297 g/mol. The lowest BCUT2D eigenvalue weighted by Crippen LogP contribution is -2.28. The normalized spacial score (nSPS) is 11.8. The molecular weight excluding hydrogens is 277 g/mol. The zero-order chi connectivity index (χ0) is 16.0. The van der Waals surface area contributed by atoms with E-state index >= 15 is 0 Å². The quantitative estimate of drug-likeness (QED) is 0.598. The molecule has 116 valence electrons. The largest absolute Gasteiger partial charge is 0.383 e. The molecule has 0 fully saturated rings. The first-order valence-corrected chi connectivity index (χ1v) is 6.90. The monoisotopic (exact) mass is 297 g/mol. The summed E-state index contributed by atoms with van der Waals surface area (Å²) in [6.07, 6.45) is 0.883. The summed E-state index contributed by atoms with van der Waals surface area (Å²) < 4.78 is 13.7. The Kier molecular flexibility index (Phi) is 6.08. The topological polar surface area (TPSA) is 84.3 Å². The first-order valence-electron chi connectivity index (χ1n) is 6.90. The van der Waals surface area contributed by atoms with Crippen molar-refractivity contribution in [2.45, 2.75) is 27.2 Å². The van der Waals surface area contributed by atoms with Crippen LogP contribution in [0.3, 0.4) is 0 Å². The summed E-state index contributed by atoms with van der Waals surface area (Å²) in [5, 5.41) is 16.4. The van der Waals surface area contributed by atoms with E-state index in [2.05, 4.69) is 10.6 Å². The highest BCUT2D eigenvalue weighted by atomic mass is 19.1. The van der Waals surface area contributed by atoms with Gasteiger partial charge in [0, 0.05) is 13.1 Å². The Morgan fingerprint density at radius 1 is 1.43 bits per heavy atom. The molecule has 1 amide bonds. The van der Waals surface area contributed by atoms with E-state index in [-0.39, 0.29) is 17.2 Å². The highest BCUT2D eigenvalue weighted by Crippen LogP contribution is 2.26. The second-order valence-corrected chi connectivity index (χ2v) is 4.86. The molecule has 1 rings (SSSR count). The molecule has 0 aliphatic heterocycles. The maximum absolute atomic E-state index is 13.7. The fraction of sp³-hybridized carbons (Fsp3) is 0.500. The summed E-state index contributed by atoms with van der Waals surface area (Å²) in [4.78, 5) is 22.3. The number of anilines is 1. The molecule has 0 heterocycles. The van der Waals surface area contributed by atoms with Crippen molar-refractivity contribution in [3.8, 4) is 0 Å². The SMILES string of the molecule is CCNc1cc(C(=O)NCC(C)CC)c([N+](=O)[O-])cc1F. The molecule has 0 spiro atoms. The Morgan fingerprint density at radius 2 is 2.10 bits per heavy atom. The van der Waals surface area contributed by atoms with Gasteiger partial charge in [-0.15, -0.1) is 0 Å². The summed E-state index contributed by atoms with van der Waals surface area (Å²) in [5.74, 6) is -1.05. The Bertz CT molecular complexity index is 534. The van der Waals surface area contributed by atoms with Crippen molar-refractivity contribution in [3.05, 3.63) is 33.6 Å². The number of nitrogens with zero attached hydrogens (tertiary/aromatic N) is 1. The van der Waals surface area contributed by atoms with Crippen molar-refractivity contribution < 1.29 is 14.1 Å². The van der Waals surface area contributed by atoms with Gasteiger partial charge < -0.3 is 10.6 Å². The minimum atomic E-state index is -0.753. The Balaban J connectivity index is 3.09. The van der Waals surface area contributed by atoms with Crippen LogP contribution in [0.1, 0.15) is 37.6 Å². The predicted molar refractivity (Wildman–Crippen MR) is 79.0 cm³/mol. The number of nitro groups is 1. The summed E-state index contributed by atoms with van der Waals surface area (Å²) >= 11 is 0. The molecule has 0 saturated heterocycles. The molecule has 0 radical (unpaired) electrons. The minimum absolute atomic E-state index is 0.0804. The molecule has 6 nitrogen and oxygen atoms in total. The van der Waals surface area contributed by atoms with Crippen molar-refractivity contribution >= 4 is 17.3 Å². The van der Waals surface area contributed by atoms with Crippen LogP contribution in [0, 0.1) is 21.8 Å². The fourth-order valence-electron chi connectivity index (χ4n) is 1.73. The molecule has 2 N–H and O–H groups in total. The maximum atomic E-state index is 13.7. The first kappa shape index (κ1) is 16.9. The van der Waals surface area contributed by atoms with Crippen LogP contribution in [-0.2, 0) is 0 Å². The third kappa shape index (κ3) is 4.40. The Morgan fingerprint density at radius 3 is 2.62 bits per heavy atom. The van der Waals surface area contributed by atoms with Gasteiger partial charge in [-0.1, -0.05) is 20.3 Å². The summed E-state index contributed by atoms with van der Waals surface area (Å²) in [5.41, 5.74) is -0.590. The van der Waals surface area contributed by atoms with Crippen LogP contribution < -0.4 is 10.6 Å². The van der Waals surface area contributed by atoms with Crippen molar-refractivity contribution in [1.29, 1.82) is 0 Å². The van der Waals surface area contributed by atoms with Crippen molar-refractivity contribution in [2.75, 3.05) is 18.4 Å². The number of benzene rings is 1. The number of carbonyl (C=O) groups is 1. The van der Waals surface area contributed by atoms with E-state index in [1.807, 2.05) is 13.8 Å². The van der Waals surface area contributed by atoms with Crippen LogP contribution in [0.5, 0.6) is 0 Å². The second-order valence-electron chi connectivity index (χ2n) is 4.86. The zero-order valence-corrected chi connectivity index (χ0v) is 12.4. The molecule has 0 aliphatic carbocycles. The van der Waals surface area contributed by atoms with Gasteiger partial charge in [0.15, 0.2) is 5.82 Å². The van der Waals surface area contributed by atoms with Crippen molar-refractivity contribution in [2.24, 2.45) is 5.92 Å². The third-order valence-electron chi connectivity index (χ3n) is 3.20. The maximum Gasteiger partial charge on any atom is 0.285 e. The fourth-order valence-corrected chi connectivity index (χ4v) is 1.73. The van der Waals surface area contributed by atoms with Crippen molar-refractivity contribution in [1.82, 2.24) is 5.32 Å². The highest BCUT2D eigenvalue weighted by molar-refractivity contribution is 5.99. The number of hydrogen-bond donors (Lipinski definition) is 2. The molecule has 0 bridgehead atoms. The Labute approximate surface area is 122 Å². The highest BCUT2D eigenvalue weighted by Gasteiger charge is 2.23. The number of rotatable bonds is 7. The number of nitrogens with one attached hydrogen (secondary N) is 2. The molecule has 0 aromatic heterocycles. The van der Waals surface area contributed by atoms with Gasteiger partial charge in [0.2, 0.25) is 0 Å². The number of amides is 1.